The fourth-order valence-corrected chi connectivity index (χ4v) is 2.95. The van der Waals surface area contributed by atoms with Crippen molar-refractivity contribution in [2.75, 3.05) is 20.8 Å². The van der Waals surface area contributed by atoms with Crippen LogP contribution in [0.15, 0.2) is 48.5 Å². The number of ether oxygens (including phenoxy) is 2. The second kappa shape index (κ2) is 7.52. The van der Waals surface area contributed by atoms with Gasteiger partial charge in [0.15, 0.2) is 0 Å². The first-order chi connectivity index (χ1) is 12.5. The summed E-state index contributed by atoms with van der Waals surface area (Å²) in [7, 11) is 3.45. The number of methoxy groups -OCH3 is 1. The summed E-state index contributed by atoms with van der Waals surface area (Å²) in [5.41, 5.74) is 2.51. The van der Waals surface area contributed by atoms with E-state index in [1.165, 1.54) is 0 Å². The summed E-state index contributed by atoms with van der Waals surface area (Å²) < 4.78 is 10.7. The van der Waals surface area contributed by atoms with Crippen LogP contribution in [0.4, 0.5) is 0 Å². The standard InChI is InChI=1S/C21H24N2O3/c1-5-26-18-11-8-16-12-20(22-19(16)13-18)21(24)23(3)14(2)15-6-9-17(25-4)10-7-15/h6-14,22H,5H2,1-4H3. The summed E-state index contributed by atoms with van der Waals surface area (Å²) in [4.78, 5) is 17.8. The van der Waals surface area contributed by atoms with E-state index < -0.39 is 0 Å². The average Bonchev–Trinajstić information content (AvgIpc) is 3.10. The quantitative estimate of drug-likeness (QED) is 0.715. The Hall–Kier alpha value is -2.95. The van der Waals surface area contributed by atoms with Gasteiger partial charge in [-0.25, -0.2) is 0 Å². The number of rotatable bonds is 6. The number of nitrogens with zero attached hydrogens (tertiary/aromatic N) is 1. The van der Waals surface area contributed by atoms with Crippen LogP contribution in [0.3, 0.4) is 0 Å². The fraction of sp³-hybridized carbons (Fsp3) is 0.286. The molecule has 0 aliphatic heterocycles. The van der Waals surface area contributed by atoms with Gasteiger partial charge in [-0.2, -0.15) is 0 Å². The maximum Gasteiger partial charge on any atom is 0.270 e. The van der Waals surface area contributed by atoms with Gasteiger partial charge in [0.1, 0.15) is 17.2 Å². The van der Waals surface area contributed by atoms with Gasteiger partial charge in [-0.15, -0.1) is 0 Å². The zero-order valence-corrected chi connectivity index (χ0v) is 15.6. The minimum atomic E-state index is -0.0567. The maximum atomic E-state index is 12.9. The molecule has 3 aromatic rings. The predicted molar refractivity (Wildman–Crippen MR) is 103 cm³/mol. The molecule has 1 aromatic heterocycles. The number of carbonyl (C=O) groups is 1. The number of H-pyrrole nitrogens is 1. The van der Waals surface area contributed by atoms with Crippen LogP contribution < -0.4 is 9.47 Å². The Morgan fingerprint density at radius 2 is 1.81 bits per heavy atom. The highest BCUT2D eigenvalue weighted by atomic mass is 16.5. The van der Waals surface area contributed by atoms with Gasteiger partial charge in [0.2, 0.25) is 0 Å². The minimum Gasteiger partial charge on any atom is -0.497 e. The van der Waals surface area contributed by atoms with Crippen LogP contribution in [0, 0.1) is 0 Å². The van der Waals surface area contributed by atoms with Gasteiger partial charge in [-0.1, -0.05) is 12.1 Å². The molecule has 0 bridgehead atoms. The van der Waals surface area contributed by atoms with Gasteiger partial charge in [0, 0.05) is 24.0 Å². The highest BCUT2D eigenvalue weighted by Crippen LogP contribution is 2.25. The molecule has 0 saturated carbocycles. The van der Waals surface area contributed by atoms with E-state index in [-0.39, 0.29) is 11.9 Å². The van der Waals surface area contributed by atoms with E-state index >= 15 is 0 Å². The number of hydrogen-bond acceptors (Lipinski definition) is 3. The molecular weight excluding hydrogens is 328 g/mol. The molecule has 0 aliphatic rings. The Bertz CT molecular complexity index is 899. The van der Waals surface area contributed by atoms with E-state index in [0.29, 0.717) is 12.3 Å². The monoisotopic (exact) mass is 352 g/mol. The lowest BCUT2D eigenvalue weighted by Crippen LogP contribution is -2.29. The number of hydrogen-bond donors (Lipinski definition) is 1. The summed E-state index contributed by atoms with van der Waals surface area (Å²) in [6.45, 7) is 4.57. The Labute approximate surface area is 153 Å². The van der Waals surface area contributed by atoms with Crippen LogP contribution in [-0.4, -0.2) is 36.6 Å². The smallest absolute Gasteiger partial charge is 0.270 e. The summed E-state index contributed by atoms with van der Waals surface area (Å²) in [6.07, 6.45) is 0. The molecule has 1 N–H and O–H groups in total. The van der Waals surface area contributed by atoms with Gasteiger partial charge >= 0.3 is 0 Å². The van der Waals surface area contributed by atoms with Crippen molar-refractivity contribution in [1.82, 2.24) is 9.88 Å². The largest absolute Gasteiger partial charge is 0.497 e. The molecule has 0 saturated heterocycles. The molecule has 1 amide bonds. The zero-order chi connectivity index (χ0) is 18.7. The van der Waals surface area contributed by atoms with Crippen molar-refractivity contribution in [3.05, 3.63) is 59.8 Å². The molecule has 0 aliphatic carbocycles. The number of benzene rings is 2. The second-order valence-electron chi connectivity index (χ2n) is 6.23. The van der Waals surface area contributed by atoms with Crippen LogP contribution in [-0.2, 0) is 0 Å². The van der Waals surface area contributed by atoms with Crippen molar-refractivity contribution in [2.24, 2.45) is 0 Å². The molecule has 136 valence electrons. The molecule has 26 heavy (non-hydrogen) atoms. The molecule has 1 atom stereocenters. The third-order valence-electron chi connectivity index (χ3n) is 4.63. The molecule has 0 spiro atoms. The van der Waals surface area contributed by atoms with Gasteiger partial charge in [0.25, 0.3) is 5.91 Å². The van der Waals surface area contributed by atoms with Crippen molar-refractivity contribution in [2.45, 2.75) is 19.9 Å². The lowest BCUT2D eigenvalue weighted by atomic mass is 10.1. The highest BCUT2D eigenvalue weighted by molar-refractivity contribution is 5.98. The van der Waals surface area contributed by atoms with Crippen LogP contribution in [0.1, 0.15) is 35.9 Å². The molecule has 0 fully saturated rings. The van der Waals surface area contributed by atoms with Gasteiger partial charge in [-0.05, 0) is 49.7 Å². The summed E-state index contributed by atoms with van der Waals surface area (Å²) in [5.74, 6) is 1.54. The summed E-state index contributed by atoms with van der Waals surface area (Å²) >= 11 is 0. The molecule has 1 heterocycles. The first-order valence-electron chi connectivity index (χ1n) is 8.70. The summed E-state index contributed by atoms with van der Waals surface area (Å²) in [5, 5.41) is 0.988. The number of amides is 1. The number of fused-ring (bicyclic) bond motifs is 1. The van der Waals surface area contributed by atoms with E-state index in [4.69, 9.17) is 9.47 Å². The zero-order valence-electron chi connectivity index (χ0n) is 15.6. The Morgan fingerprint density at radius 1 is 1.12 bits per heavy atom. The molecule has 5 heteroatoms. The van der Waals surface area contributed by atoms with E-state index in [1.54, 1.807) is 12.0 Å². The number of carbonyl (C=O) groups excluding carboxylic acids is 1. The van der Waals surface area contributed by atoms with E-state index in [9.17, 15) is 4.79 Å². The van der Waals surface area contributed by atoms with Gasteiger partial charge in [0.05, 0.1) is 19.8 Å². The highest BCUT2D eigenvalue weighted by Gasteiger charge is 2.20. The fourth-order valence-electron chi connectivity index (χ4n) is 2.95. The lowest BCUT2D eigenvalue weighted by Gasteiger charge is -2.25. The van der Waals surface area contributed by atoms with Crippen molar-refractivity contribution >= 4 is 16.8 Å². The number of nitrogens with one attached hydrogen (secondary N) is 1. The first kappa shape index (κ1) is 17.9. The van der Waals surface area contributed by atoms with E-state index in [1.807, 2.05) is 69.4 Å². The van der Waals surface area contributed by atoms with E-state index in [2.05, 4.69) is 4.98 Å². The van der Waals surface area contributed by atoms with Crippen molar-refractivity contribution in [3.63, 3.8) is 0 Å². The molecular formula is C21H24N2O3. The molecule has 5 nitrogen and oxygen atoms in total. The van der Waals surface area contributed by atoms with Crippen LogP contribution >= 0.6 is 0 Å². The molecule has 0 radical (unpaired) electrons. The number of aromatic nitrogens is 1. The predicted octanol–water partition coefficient (Wildman–Crippen LogP) is 4.41. The normalized spacial score (nSPS) is 12.0. The topological polar surface area (TPSA) is 54.6 Å². The minimum absolute atomic E-state index is 0.0533. The van der Waals surface area contributed by atoms with Gasteiger partial charge < -0.3 is 19.4 Å². The van der Waals surface area contributed by atoms with Crippen LogP contribution in [0.25, 0.3) is 10.9 Å². The maximum absolute atomic E-state index is 12.9. The third-order valence-corrected chi connectivity index (χ3v) is 4.63. The van der Waals surface area contributed by atoms with Crippen LogP contribution in [0.5, 0.6) is 11.5 Å². The Balaban J connectivity index is 1.81. The van der Waals surface area contributed by atoms with Crippen LogP contribution in [0.2, 0.25) is 0 Å². The van der Waals surface area contributed by atoms with Crippen molar-refractivity contribution in [1.29, 1.82) is 0 Å². The Morgan fingerprint density at radius 3 is 2.46 bits per heavy atom. The van der Waals surface area contributed by atoms with Crippen molar-refractivity contribution in [3.8, 4) is 11.5 Å². The summed E-state index contributed by atoms with van der Waals surface area (Å²) in [6, 6.07) is 15.4. The van der Waals surface area contributed by atoms with Crippen molar-refractivity contribution < 1.29 is 14.3 Å². The second-order valence-corrected chi connectivity index (χ2v) is 6.23. The van der Waals surface area contributed by atoms with Gasteiger partial charge in [-0.3, -0.25) is 4.79 Å². The first-order valence-corrected chi connectivity index (χ1v) is 8.70. The molecule has 3 rings (SSSR count). The van der Waals surface area contributed by atoms with E-state index in [0.717, 1.165) is 28.0 Å². The SMILES string of the molecule is CCOc1ccc2cc(C(=O)N(C)C(C)c3ccc(OC)cc3)[nH]c2c1. The molecule has 1 unspecified atom stereocenters. The third kappa shape index (κ3) is 3.52. The molecule has 2 aromatic carbocycles. The lowest BCUT2D eigenvalue weighted by molar-refractivity contribution is 0.0737. The average molecular weight is 352 g/mol. The number of aromatic amines is 1. The Kier molecular flexibility index (Phi) is 5.16.